The Morgan fingerprint density at radius 3 is 2.60 bits per heavy atom. The number of aliphatic carboxylic acids is 1. The Morgan fingerprint density at radius 1 is 1.50 bits per heavy atom. The molecule has 1 aromatic rings. The van der Waals surface area contributed by atoms with E-state index in [0.717, 1.165) is 18.8 Å². The number of aromatic nitrogens is 2. The van der Waals surface area contributed by atoms with Crippen LogP contribution in [0.15, 0.2) is 6.20 Å². The van der Waals surface area contributed by atoms with Crippen molar-refractivity contribution in [1.82, 2.24) is 15.1 Å². The number of nitrogens with zero attached hydrogens (tertiary/aromatic N) is 2. The molecule has 0 radical (unpaired) electrons. The number of hydrogen-bond donors (Lipinski definition) is 2. The summed E-state index contributed by atoms with van der Waals surface area (Å²) in [7, 11) is 1.38. The highest BCUT2D eigenvalue weighted by Crippen LogP contribution is 2.13. The average molecular weight is 295 g/mol. The number of carbonyl (C=O) groups is 2. The molecule has 10 heteroatoms. The minimum Gasteiger partial charge on any atom is -0.475 e. The molecule has 0 aromatic carbocycles. The van der Waals surface area contributed by atoms with Crippen LogP contribution in [0, 0.1) is 0 Å². The third-order valence-corrected chi connectivity index (χ3v) is 2.39. The van der Waals surface area contributed by atoms with E-state index in [1.165, 1.54) is 7.11 Å². The van der Waals surface area contributed by atoms with Crippen LogP contribution in [0.4, 0.5) is 13.2 Å². The normalized spacial score (nSPS) is 13.8. The third-order valence-electron chi connectivity index (χ3n) is 2.39. The Balaban J connectivity index is 0.000000246. The number of ether oxygens (including phenoxy) is 1. The summed E-state index contributed by atoms with van der Waals surface area (Å²) >= 11 is 0. The predicted molar refractivity (Wildman–Crippen MR) is 59.0 cm³/mol. The molecule has 112 valence electrons. The summed E-state index contributed by atoms with van der Waals surface area (Å²) in [5.41, 5.74) is 1.48. The zero-order chi connectivity index (χ0) is 15.3. The van der Waals surface area contributed by atoms with Crippen molar-refractivity contribution in [1.29, 1.82) is 0 Å². The van der Waals surface area contributed by atoms with Crippen LogP contribution >= 0.6 is 0 Å². The highest BCUT2D eigenvalue weighted by molar-refractivity contribution is 5.90. The van der Waals surface area contributed by atoms with Crippen molar-refractivity contribution in [2.45, 2.75) is 19.3 Å². The molecule has 2 rings (SSSR count). The van der Waals surface area contributed by atoms with Gasteiger partial charge in [0.15, 0.2) is 0 Å². The van der Waals surface area contributed by atoms with Gasteiger partial charge in [0.05, 0.1) is 25.5 Å². The van der Waals surface area contributed by atoms with Gasteiger partial charge in [-0.05, 0) is 0 Å². The molecular weight excluding hydrogens is 283 g/mol. The second-order valence-corrected chi connectivity index (χ2v) is 3.70. The van der Waals surface area contributed by atoms with E-state index in [9.17, 15) is 18.0 Å². The molecular formula is C10H12F3N3O4. The summed E-state index contributed by atoms with van der Waals surface area (Å²) < 4.78 is 38.2. The van der Waals surface area contributed by atoms with Gasteiger partial charge in [-0.15, -0.1) is 0 Å². The smallest absolute Gasteiger partial charge is 0.475 e. The van der Waals surface area contributed by atoms with Gasteiger partial charge in [-0.25, -0.2) is 9.59 Å². The summed E-state index contributed by atoms with van der Waals surface area (Å²) in [5, 5.41) is 14.4. The molecule has 0 bridgehead atoms. The van der Waals surface area contributed by atoms with E-state index in [1.54, 1.807) is 6.20 Å². The molecule has 1 aromatic heterocycles. The fourth-order valence-corrected chi connectivity index (χ4v) is 1.46. The van der Waals surface area contributed by atoms with Crippen LogP contribution in [-0.2, 0) is 22.6 Å². The minimum absolute atomic E-state index is 0.315. The molecule has 7 nitrogen and oxygen atoms in total. The van der Waals surface area contributed by atoms with Crippen LogP contribution in [0.5, 0.6) is 0 Å². The lowest BCUT2D eigenvalue weighted by Crippen LogP contribution is -2.29. The Bertz CT molecular complexity index is 498. The number of fused-ring (bicyclic) bond motifs is 1. The molecule has 0 aliphatic carbocycles. The predicted octanol–water partition coefficient (Wildman–Crippen LogP) is 0.406. The fourth-order valence-electron chi connectivity index (χ4n) is 1.46. The Kier molecular flexibility index (Phi) is 5.08. The molecule has 0 amide bonds. The molecule has 0 saturated carbocycles. The third kappa shape index (κ3) is 3.95. The number of carbonyl (C=O) groups excluding carboxylic acids is 1. The van der Waals surface area contributed by atoms with Gasteiger partial charge < -0.3 is 15.2 Å². The highest BCUT2D eigenvalue weighted by atomic mass is 19.4. The van der Waals surface area contributed by atoms with Crippen molar-refractivity contribution in [2.24, 2.45) is 0 Å². The van der Waals surface area contributed by atoms with Crippen LogP contribution in [0.2, 0.25) is 0 Å². The standard InChI is InChI=1S/C8H11N3O2.C2HF3O2/c1-13-8(12)6-4-10-11-3-2-9-5-7(6)11;3-2(4,5)1(6)7/h4,9H,2-3,5H2,1H3;(H,6,7). The lowest BCUT2D eigenvalue weighted by molar-refractivity contribution is -0.192. The molecule has 0 atom stereocenters. The molecule has 20 heavy (non-hydrogen) atoms. The van der Waals surface area contributed by atoms with Crippen molar-refractivity contribution in [3.63, 3.8) is 0 Å². The summed E-state index contributed by atoms with van der Waals surface area (Å²) in [4.78, 5) is 20.1. The molecule has 0 spiro atoms. The van der Waals surface area contributed by atoms with E-state index in [2.05, 4.69) is 15.2 Å². The molecule has 1 aliphatic rings. The van der Waals surface area contributed by atoms with Gasteiger partial charge in [-0.2, -0.15) is 18.3 Å². The summed E-state index contributed by atoms with van der Waals surface area (Å²) in [5.74, 6) is -3.07. The number of esters is 1. The number of nitrogens with one attached hydrogen (secondary N) is 1. The highest BCUT2D eigenvalue weighted by Gasteiger charge is 2.38. The Hall–Kier alpha value is -2.10. The summed E-state index contributed by atoms with van der Waals surface area (Å²) in [6, 6.07) is 0. The van der Waals surface area contributed by atoms with Gasteiger partial charge in [-0.3, -0.25) is 4.68 Å². The monoisotopic (exact) mass is 295 g/mol. The van der Waals surface area contributed by atoms with Crippen LogP contribution in [0.25, 0.3) is 0 Å². The average Bonchev–Trinajstić information content (AvgIpc) is 2.81. The first-order chi connectivity index (χ1) is 9.27. The van der Waals surface area contributed by atoms with Gasteiger partial charge in [0.1, 0.15) is 5.56 Å². The second kappa shape index (κ2) is 6.37. The van der Waals surface area contributed by atoms with E-state index in [-0.39, 0.29) is 5.97 Å². The number of carboxylic acids is 1. The number of methoxy groups -OCH3 is 1. The number of halogens is 3. The van der Waals surface area contributed by atoms with Crippen molar-refractivity contribution in [2.75, 3.05) is 13.7 Å². The van der Waals surface area contributed by atoms with Gasteiger partial charge in [0.25, 0.3) is 0 Å². The van der Waals surface area contributed by atoms with Crippen LogP contribution in [0.1, 0.15) is 16.1 Å². The van der Waals surface area contributed by atoms with E-state index in [4.69, 9.17) is 9.90 Å². The van der Waals surface area contributed by atoms with Crippen molar-refractivity contribution in [3.05, 3.63) is 17.5 Å². The Morgan fingerprint density at radius 2 is 2.10 bits per heavy atom. The Labute approximate surface area is 111 Å². The van der Waals surface area contributed by atoms with Crippen molar-refractivity contribution in [3.8, 4) is 0 Å². The first-order valence-corrected chi connectivity index (χ1v) is 5.41. The van der Waals surface area contributed by atoms with E-state index in [1.807, 2.05) is 4.68 Å². The molecule has 1 aliphatic heterocycles. The minimum atomic E-state index is -5.08. The largest absolute Gasteiger partial charge is 0.490 e. The van der Waals surface area contributed by atoms with E-state index < -0.39 is 12.1 Å². The van der Waals surface area contributed by atoms with E-state index >= 15 is 0 Å². The number of hydrogen-bond acceptors (Lipinski definition) is 5. The molecule has 2 heterocycles. The van der Waals surface area contributed by atoms with Crippen molar-refractivity contribution < 1.29 is 32.6 Å². The second-order valence-electron chi connectivity index (χ2n) is 3.70. The lowest BCUT2D eigenvalue weighted by atomic mass is 10.2. The SMILES string of the molecule is COC(=O)c1cnn2c1CNCC2.O=C(O)C(F)(F)F. The van der Waals surface area contributed by atoms with Gasteiger partial charge >= 0.3 is 18.1 Å². The first-order valence-electron chi connectivity index (χ1n) is 5.41. The van der Waals surface area contributed by atoms with Gasteiger partial charge in [0, 0.05) is 13.1 Å². The first kappa shape index (κ1) is 16.0. The van der Waals surface area contributed by atoms with Crippen LogP contribution < -0.4 is 5.32 Å². The van der Waals surface area contributed by atoms with Crippen LogP contribution in [-0.4, -0.2) is 46.7 Å². The quantitative estimate of drug-likeness (QED) is 0.729. The molecule has 0 fully saturated rings. The van der Waals surface area contributed by atoms with E-state index in [0.29, 0.717) is 12.1 Å². The number of alkyl halides is 3. The number of rotatable bonds is 1. The van der Waals surface area contributed by atoms with Crippen molar-refractivity contribution >= 4 is 11.9 Å². The topological polar surface area (TPSA) is 93.5 Å². The number of carboxylic acid groups (broad SMARTS) is 1. The summed E-state index contributed by atoms with van der Waals surface area (Å²) in [6.07, 6.45) is -3.52. The zero-order valence-electron chi connectivity index (χ0n) is 10.4. The van der Waals surface area contributed by atoms with Gasteiger partial charge in [0.2, 0.25) is 0 Å². The maximum absolute atomic E-state index is 11.2. The molecule has 2 N–H and O–H groups in total. The molecule has 0 unspecified atom stereocenters. The lowest BCUT2D eigenvalue weighted by Gasteiger charge is -2.15. The maximum Gasteiger partial charge on any atom is 0.490 e. The zero-order valence-corrected chi connectivity index (χ0v) is 10.4. The summed E-state index contributed by atoms with van der Waals surface area (Å²) in [6.45, 7) is 2.39. The van der Waals surface area contributed by atoms with Crippen LogP contribution in [0.3, 0.4) is 0 Å². The van der Waals surface area contributed by atoms with Gasteiger partial charge in [-0.1, -0.05) is 0 Å². The fraction of sp³-hybridized carbons (Fsp3) is 0.500. The maximum atomic E-state index is 11.2. The molecule has 0 saturated heterocycles.